The monoisotopic (exact) mass is 616 g/mol. The lowest BCUT2D eigenvalue weighted by molar-refractivity contribution is 0.591. The summed E-state index contributed by atoms with van der Waals surface area (Å²) in [6.45, 7) is 6.86. The van der Waals surface area contributed by atoms with E-state index in [-0.39, 0.29) is 5.41 Å². The molecule has 0 radical (unpaired) electrons. The van der Waals surface area contributed by atoms with Crippen molar-refractivity contribution in [1.82, 2.24) is 9.13 Å². The van der Waals surface area contributed by atoms with Crippen LogP contribution in [0.15, 0.2) is 164 Å². The van der Waals surface area contributed by atoms with E-state index in [9.17, 15) is 0 Å². The molecule has 0 spiro atoms. The molecule has 48 heavy (non-hydrogen) atoms. The minimum Gasteiger partial charge on any atom is -0.309 e. The Kier molecular flexibility index (Phi) is 6.42. The average Bonchev–Trinajstić information content (AvgIpc) is 3.64. The van der Waals surface area contributed by atoms with Gasteiger partial charge in [-0.05, 0) is 70.1 Å². The van der Waals surface area contributed by atoms with E-state index >= 15 is 0 Å². The van der Waals surface area contributed by atoms with Crippen LogP contribution in [-0.2, 0) is 5.41 Å². The fourth-order valence-electron chi connectivity index (χ4n) is 7.55. The first kappa shape index (κ1) is 28.4. The number of rotatable bonds is 4. The molecule has 2 aromatic heterocycles. The van der Waals surface area contributed by atoms with Crippen molar-refractivity contribution >= 4 is 43.6 Å². The minimum absolute atomic E-state index is 0.0566. The molecule has 2 heterocycles. The van der Waals surface area contributed by atoms with Crippen molar-refractivity contribution in [2.24, 2.45) is 0 Å². The number of para-hydroxylation sites is 4. The van der Waals surface area contributed by atoms with Gasteiger partial charge < -0.3 is 9.13 Å². The van der Waals surface area contributed by atoms with Crippen LogP contribution in [0.1, 0.15) is 26.3 Å². The zero-order valence-electron chi connectivity index (χ0n) is 27.5. The maximum Gasteiger partial charge on any atom is 0.0547 e. The van der Waals surface area contributed by atoms with Crippen molar-refractivity contribution in [3.63, 3.8) is 0 Å². The third-order valence-electron chi connectivity index (χ3n) is 9.90. The Labute approximate surface area is 281 Å². The van der Waals surface area contributed by atoms with Crippen LogP contribution in [-0.4, -0.2) is 9.13 Å². The molecule has 0 saturated carbocycles. The first-order valence-electron chi connectivity index (χ1n) is 16.8. The van der Waals surface area contributed by atoms with Gasteiger partial charge in [0, 0.05) is 32.8 Å². The van der Waals surface area contributed by atoms with Crippen LogP contribution in [0.4, 0.5) is 0 Å². The average molecular weight is 617 g/mol. The third-order valence-corrected chi connectivity index (χ3v) is 9.90. The summed E-state index contributed by atoms with van der Waals surface area (Å²) in [7, 11) is 0. The van der Waals surface area contributed by atoms with Crippen LogP contribution in [0, 0.1) is 0 Å². The summed E-state index contributed by atoms with van der Waals surface area (Å²) in [6, 6.07) is 59.9. The molecule has 0 aliphatic rings. The molecule has 0 amide bonds. The maximum atomic E-state index is 2.46. The van der Waals surface area contributed by atoms with Gasteiger partial charge in [-0.1, -0.05) is 142 Å². The molecule has 230 valence electrons. The Balaban J connectivity index is 1.21. The largest absolute Gasteiger partial charge is 0.309 e. The van der Waals surface area contributed by atoms with Crippen LogP contribution >= 0.6 is 0 Å². The third kappa shape index (κ3) is 4.41. The highest BCUT2D eigenvalue weighted by Gasteiger charge is 2.20. The van der Waals surface area contributed by atoms with Crippen LogP contribution in [0.3, 0.4) is 0 Å². The van der Waals surface area contributed by atoms with Crippen molar-refractivity contribution in [2.75, 3.05) is 0 Å². The van der Waals surface area contributed by atoms with Crippen molar-refractivity contribution in [3.05, 3.63) is 169 Å². The molecule has 0 atom stereocenters. The van der Waals surface area contributed by atoms with E-state index in [1.165, 1.54) is 82.8 Å². The predicted octanol–water partition coefficient (Wildman–Crippen LogP) is 12.5. The quantitative estimate of drug-likeness (QED) is 0.186. The zero-order valence-corrected chi connectivity index (χ0v) is 27.5. The number of aromatic nitrogens is 2. The van der Waals surface area contributed by atoms with Crippen LogP contribution in [0.25, 0.3) is 77.2 Å². The predicted molar refractivity (Wildman–Crippen MR) is 205 cm³/mol. The molecule has 0 saturated heterocycles. The summed E-state index contributed by atoms with van der Waals surface area (Å²) in [5.74, 6) is 0. The van der Waals surface area contributed by atoms with E-state index in [2.05, 4.69) is 194 Å². The lowest BCUT2D eigenvalue weighted by atomic mass is 9.86. The molecule has 0 N–H and O–H groups in total. The Morgan fingerprint density at radius 1 is 0.396 bits per heavy atom. The first-order valence-corrected chi connectivity index (χ1v) is 16.8. The minimum atomic E-state index is 0.0566. The Morgan fingerprint density at radius 2 is 0.958 bits per heavy atom. The maximum absolute atomic E-state index is 2.46. The van der Waals surface area contributed by atoms with Crippen LogP contribution < -0.4 is 0 Å². The van der Waals surface area contributed by atoms with Gasteiger partial charge in [0.05, 0.1) is 27.8 Å². The first-order chi connectivity index (χ1) is 23.5. The Hall–Kier alpha value is -5.86. The molecule has 9 rings (SSSR count). The summed E-state index contributed by atoms with van der Waals surface area (Å²) in [6.07, 6.45) is 0. The number of hydrogen-bond acceptors (Lipinski definition) is 0. The molecule has 9 aromatic rings. The number of hydrogen-bond donors (Lipinski definition) is 0. The molecular formula is C46H36N2. The van der Waals surface area contributed by atoms with Crippen molar-refractivity contribution in [2.45, 2.75) is 26.2 Å². The second-order valence-corrected chi connectivity index (χ2v) is 13.8. The molecule has 0 aliphatic heterocycles. The number of nitrogens with zero attached hydrogens (tertiary/aromatic N) is 2. The van der Waals surface area contributed by atoms with Gasteiger partial charge in [0.1, 0.15) is 0 Å². The van der Waals surface area contributed by atoms with Gasteiger partial charge in [-0.15, -0.1) is 0 Å². The molecule has 7 aromatic carbocycles. The van der Waals surface area contributed by atoms with E-state index in [1.54, 1.807) is 0 Å². The Morgan fingerprint density at radius 3 is 1.71 bits per heavy atom. The molecule has 2 heteroatoms. The summed E-state index contributed by atoms with van der Waals surface area (Å²) >= 11 is 0. The number of fused-ring (bicyclic) bond motifs is 6. The van der Waals surface area contributed by atoms with Crippen molar-refractivity contribution in [1.29, 1.82) is 0 Å². The topological polar surface area (TPSA) is 9.86 Å². The highest BCUT2D eigenvalue weighted by molar-refractivity contribution is 6.16. The van der Waals surface area contributed by atoms with Crippen LogP contribution in [0.5, 0.6) is 0 Å². The Bertz CT molecular complexity index is 2630. The van der Waals surface area contributed by atoms with Gasteiger partial charge >= 0.3 is 0 Å². The molecule has 0 fully saturated rings. The molecule has 0 aliphatic carbocycles. The summed E-state index contributed by atoms with van der Waals surface area (Å²) in [5, 5.41) is 5.11. The molecule has 0 unspecified atom stereocenters. The van der Waals surface area contributed by atoms with Crippen LogP contribution in [0.2, 0.25) is 0 Å². The molecule has 2 nitrogen and oxygen atoms in total. The highest BCUT2D eigenvalue weighted by Crippen LogP contribution is 2.41. The summed E-state index contributed by atoms with van der Waals surface area (Å²) in [5.41, 5.74) is 13.5. The van der Waals surface area contributed by atoms with E-state index in [0.717, 1.165) is 0 Å². The lowest BCUT2D eigenvalue weighted by Crippen LogP contribution is -2.10. The standard InChI is InChI=1S/C46H36N2/c1-46(2,3)33-28-29-38-37-17-8-11-21-41(37)48(44(38)30-33)40-20-10-7-16-35(40)31-24-26-32(27-25-31)36-19-13-23-43-45(36)39-18-9-12-22-42(39)47(43)34-14-5-4-6-15-34/h4-30H,1-3H3. The van der Waals surface area contributed by atoms with Gasteiger partial charge in [-0.2, -0.15) is 0 Å². The SMILES string of the molecule is CC(C)(C)c1ccc2c3ccccc3n(-c3ccccc3-c3ccc(-c4cccc5c4c4ccccc4n5-c4ccccc4)cc3)c2c1. The molecular weight excluding hydrogens is 581 g/mol. The van der Waals surface area contributed by atoms with Gasteiger partial charge in [-0.3, -0.25) is 0 Å². The van der Waals surface area contributed by atoms with E-state index in [0.29, 0.717) is 0 Å². The number of benzene rings is 7. The van der Waals surface area contributed by atoms with E-state index < -0.39 is 0 Å². The lowest BCUT2D eigenvalue weighted by Gasteiger charge is -2.20. The van der Waals surface area contributed by atoms with Gasteiger partial charge in [-0.25, -0.2) is 0 Å². The smallest absolute Gasteiger partial charge is 0.0547 e. The fraction of sp³-hybridized carbons (Fsp3) is 0.0870. The van der Waals surface area contributed by atoms with E-state index in [1.807, 2.05) is 0 Å². The second-order valence-electron chi connectivity index (χ2n) is 13.8. The second kappa shape index (κ2) is 10.9. The van der Waals surface area contributed by atoms with Gasteiger partial charge in [0.25, 0.3) is 0 Å². The van der Waals surface area contributed by atoms with Crippen molar-refractivity contribution in [3.8, 4) is 33.6 Å². The normalized spacial score (nSPS) is 12.1. The van der Waals surface area contributed by atoms with E-state index in [4.69, 9.17) is 0 Å². The zero-order chi connectivity index (χ0) is 32.4. The van der Waals surface area contributed by atoms with Crippen molar-refractivity contribution < 1.29 is 0 Å². The summed E-state index contributed by atoms with van der Waals surface area (Å²) in [4.78, 5) is 0. The van der Waals surface area contributed by atoms with Gasteiger partial charge in [0.15, 0.2) is 0 Å². The molecule has 0 bridgehead atoms. The summed E-state index contributed by atoms with van der Waals surface area (Å²) < 4.78 is 4.85. The van der Waals surface area contributed by atoms with Gasteiger partial charge in [0.2, 0.25) is 0 Å². The highest BCUT2D eigenvalue weighted by atomic mass is 15.0. The fourth-order valence-corrected chi connectivity index (χ4v) is 7.55.